The van der Waals surface area contributed by atoms with Gasteiger partial charge >= 0.3 is 71.1 Å². The van der Waals surface area contributed by atoms with Crippen molar-refractivity contribution in [2.45, 2.75) is 25.3 Å². The molecule has 0 aliphatic rings. The van der Waals surface area contributed by atoms with Gasteiger partial charge in [0, 0.05) is 6.42 Å². The van der Waals surface area contributed by atoms with Crippen molar-refractivity contribution in [2.75, 3.05) is 0 Å². The Hall–Kier alpha value is 0.900. The molecule has 0 fully saturated rings. The van der Waals surface area contributed by atoms with Crippen LogP contribution in [0.4, 0.5) is 0 Å². The number of carbonyl (C=O) groups is 2. The van der Waals surface area contributed by atoms with Gasteiger partial charge < -0.3 is 15.9 Å². The summed E-state index contributed by atoms with van der Waals surface area (Å²) in [7, 11) is 0. The van der Waals surface area contributed by atoms with Crippen LogP contribution in [-0.4, -0.2) is 87.3 Å². The maximum absolute atomic E-state index is 10.1. The summed E-state index contributed by atoms with van der Waals surface area (Å²) in [6.45, 7) is 0. The molecule has 7 heteroatoms. The van der Waals surface area contributed by atoms with E-state index in [-0.39, 0.29) is 72.0 Å². The standard InChI is InChI=1S/C6H11NO4.2Na.2H/c7-4(6(10)11)2-1-3-5(8)9;;;;/h4H,1-3,7H2,(H,8,9)(H,10,11);;;;. The van der Waals surface area contributed by atoms with Gasteiger partial charge in [-0.3, -0.25) is 9.59 Å². The number of hydrogen-bond acceptors (Lipinski definition) is 3. The van der Waals surface area contributed by atoms with Gasteiger partial charge in [0.05, 0.1) is 0 Å². The fourth-order valence-corrected chi connectivity index (χ4v) is 0.597. The Morgan fingerprint density at radius 1 is 1.23 bits per heavy atom. The van der Waals surface area contributed by atoms with Gasteiger partial charge in [-0.05, 0) is 12.8 Å². The SMILES string of the molecule is NC(CCCC(=O)O)C(=O)O.[NaH].[NaH]. The molecule has 5 nitrogen and oxygen atoms in total. The molecule has 4 N–H and O–H groups in total. The first-order valence-corrected chi connectivity index (χ1v) is 3.24. The topological polar surface area (TPSA) is 101 Å². The first-order valence-electron chi connectivity index (χ1n) is 3.24. The van der Waals surface area contributed by atoms with Crippen LogP contribution < -0.4 is 5.73 Å². The molecule has 0 saturated heterocycles. The fraction of sp³-hybridized carbons (Fsp3) is 0.667. The molecule has 0 spiro atoms. The third-order valence-electron chi connectivity index (χ3n) is 1.22. The molecule has 0 amide bonds. The van der Waals surface area contributed by atoms with Crippen LogP contribution in [0.3, 0.4) is 0 Å². The molecule has 0 aromatic rings. The van der Waals surface area contributed by atoms with E-state index in [0.717, 1.165) is 0 Å². The summed E-state index contributed by atoms with van der Waals surface area (Å²) in [5.41, 5.74) is 5.11. The van der Waals surface area contributed by atoms with Crippen LogP contribution in [0.25, 0.3) is 0 Å². The van der Waals surface area contributed by atoms with Gasteiger partial charge in [0.15, 0.2) is 0 Å². The molecule has 0 heterocycles. The number of nitrogens with two attached hydrogens (primary N) is 1. The molecular weight excluding hydrogens is 196 g/mol. The maximum atomic E-state index is 10.1. The number of hydrogen-bond donors (Lipinski definition) is 3. The normalized spacial score (nSPS) is 10.5. The summed E-state index contributed by atoms with van der Waals surface area (Å²) in [4.78, 5) is 20.1. The monoisotopic (exact) mass is 209 g/mol. The molecule has 0 aliphatic carbocycles. The van der Waals surface area contributed by atoms with E-state index < -0.39 is 18.0 Å². The quantitative estimate of drug-likeness (QED) is 0.471. The fourth-order valence-electron chi connectivity index (χ4n) is 0.597. The minimum absolute atomic E-state index is 0. The Morgan fingerprint density at radius 2 is 1.69 bits per heavy atom. The zero-order chi connectivity index (χ0) is 8.85. The molecule has 1 unspecified atom stereocenters. The van der Waals surface area contributed by atoms with Crippen molar-refractivity contribution in [3.63, 3.8) is 0 Å². The molecular formula is C6H13NNa2O4. The van der Waals surface area contributed by atoms with Gasteiger partial charge in [-0.25, -0.2) is 0 Å². The third-order valence-corrected chi connectivity index (χ3v) is 1.22. The Balaban J connectivity index is -0.000000500. The van der Waals surface area contributed by atoms with Crippen molar-refractivity contribution in [1.82, 2.24) is 0 Å². The van der Waals surface area contributed by atoms with E-state index in [1.807, 2.05) is 0 Å². The molecule has 0 saturated carbocycles. The van der Waals surface area contributed by atoms with Gasteiger partial charge in [-0.2, -0.15) is 0 Å². The van der Waals surface area contributed by atoms with E-state index in [1.165, 1.54) is 0 Å². The summed E-state index contributed by atoms with van der Waals surface area (Å²) < 4.78 is 0. The summed E-state index contributed by atoms with van der Waals surface area (Å²) >= 11 is 0. The summed E-state index contributed by atoms with van der Waals surface area (Å²) in [5, 5.41) is 16.5. The van der Waals surface area contributed by atoms with Gasteiger partial charge in [0.25, 0.3) is 0 Å². The van der Waals surface area contributed by atoms with Crippen LogP contribution in [0.2, 0.25) is 0 Å². The second kappa shape index (κ2) is 11.0. The van der Waals surface area contributed by atoms with Crippen molar-refractivity contribution in [2.24, 2.45) is 5.73 Å². The molecule has 0 radical (unpaired) electrons. The van der Waals surface area contributed by atoms with Gasteiger partial charge in [-0.15, -0.1) is 0 Å². The van der Waals surface area contributed by atoms with Crippen molar-refractivity contribution in [3.8, 4) is 0 Å². The Labute approximate surface area is 121 Å². The first-order chi connectivity index (χ1) is 5.04. The van der Waals surface area contributed by atoms with Gasteiger partial charge in [0.1, 0.15) is 6.04 Å². The third kappa shape index (κ3) is 12.9. The van der Waals surface area contributed by atoms with Crippen molar-refractivity contribution < 1.29 is 19.8 Å². The van der Waals surface area contributed by atoms with E-state index in [9.17, 15) is 9.59 Å². The zero-order valence-corrected chi connectivity index (χ0v) is 5.99. The molecule has 0 aliphatic heterocycles. The molecule has 0 aromatic heterocycles. The van der Waals surface area contributed by atoms with Crippen LogP contribution >= 0.6 is 0 Å². The summed E-state index contributed by atoms with van der Waals surface area (Å²) in [5.74, 6) is -2.02. The van der Waals surface area contributed by atoms with Crippen LogP contribution in [0, 0.1) is 0 Å². The van der Waals surface area contributed by atoms with E-state index in [0.29, 0.717) is 6.42 Å². The molecule has 0 aromatic carbocycles. The van der Waals surface area contributed by atoms with E-state index in [1.54, 1.807) is 0 Å². The minimum atomic E-state index is -1.09. The molecule has 1 atom stereocenters. The van der Waals surface area contributed by atoms with Crippen LogP contribution in [0.5, 0.6) is 0 Å². The Kier molecular flexibility index (Phi) is 16.4. The molecule has 68 valence electrons. The second-order valence-corrected chi connectivity index (χ2v) is 2.23. The van der Waals surface area contributed by atoms with Crippen molar-refractivity contribution in [3.05, 3.63) is 0 Å². The Morgan fingerprint density at radius 3 is 2.00 bits per heavy atom. The van der Waals surface area contributed by atoms with E-state index in [2.05, 4.69) is 0 Å². The first kappa shape index (κ1) is 19.5. The zero-order valence-electron chi connectivity index (χ0n) is 5.99. The van der Waals surface area contributed by atoms with Crippen molar-refractivity contribution >= 4 is 71.1 Å². The van der Waals surface area contributed by atoms with Crippen LogP contribution in [-0.2, 0) is 9.59 Å². The predicted molar refractivity (Wildman–Crippen MR) is 51.4 cm³/mol. The predicted octanol–water partition coefficient (Wildman–Crippen LogP) is -1.64. The summed E-state index contributed by atoms with van der Waals surface area (Å²) in [6, 6.07) is -0.936. The number of carboxylic acid groups (broad SMARTS) is 2. The van der Waals surface area contributed by atoms with Gasteiger partial charge in [-0.1, -0.05) is 0 Å². The average molecular weight is 209 g/mol. The number of aliphatic carboxylic acids is 2. The average Bonchev–Trinajstić information content (AvgIpc) is 1.86. The van der Waals surface area contributed by atoms with E-state index in [4.69, 9.17) is 15.9 Å². The van der Waals surface area contributed by atoms with E-state index >= 15 is 0 Å². The molecule has 0 rings (SSSR count). The second-order valence-electron chi connectivity index (χ2n) is 2.23. The number of carboxylic acids is 2. The van der Waals surface area contributed by atoms with Crippen LogP contribution in [0.15, 0.2) is 0 Å². The molecule has 0 bridgehead atoms. The number of rotatable bonds is 5. The van der Waals surface area contributed by atoms with Crippen molar-refractivity contribution in [1.29, 1.82) is 0 Å². The summed E-state index contributed by atoms with van der Waals surface area (Å²) in [6.07, 6.45) is 0.491. The van der Waals surface area contributed by atoms with Crippen LogP contribution in [0.1, 0.15) is 19.3 Å². The molecule has 13 heavy (non-hydrogen) atoms. The Bertz CT molecular complexity index is 165. The van der Waals surface area contributed by atoms with Gasteiger partial charge in [0.2, 0.25) is 0 Å².